The normalized spacial score (nSPS) is 18.9. The summed E-state index contributed by atoms with van der Waals surface area (Å²) in [5, 5.41) is 0. The Bertz CT molecular complexity index is 1260. The number of carbonyl (C=O) groups is 2. The summed E-state index contributed by atoms with van der Waals surface area (Å²) in [5.74, 6) is 2.32. The average molecular weight is 485 g/mol. The Balaban J connectivity index is 1.26. The van der Waals surface area contributed by atoms with Crippen molar-refractivity contribution in [3.05, 3.63) is 84.6 Å². The summed E-state index contributed by atoms with van der Waals surface area (Å²) in [6, 6.07) is 18.3. The molecule has 2 N–H and O–H groups in total. The van der Waals surface area contributed by atoms with Gasteiger partial charge in [0.1, 0.15) is 22.8 Å². The number of carbonyl (C=O) groups excluding carboxylic acids is 2. The van der Waals surface area contributed by atoms with Gasteiger partial charge in [0, 0.05) is 38.0 Å². The number of fused-ring (bicyclic) bond motifs is 1. The first-order chi connectivity index (χ1) is 17.5. The van der Waals surface area contributed by atoms with E-state index in [1.165, 1.54) is 0 Å². The highest BCUT2D eigenvalue weighted by atomic mass is 16.5. The van der Waals surface area contributed by atoms with E-state index in [2.05, 4.69) is 9.88 Å². The lowest BCUT2D eigenvalue weighted by Gasteiger charge is -2.23. The second-order valence-corrected chi connectivity index (χ2v) is 9.07. The quantitative estimate of drug-likeness (QED) is 0.504. The Labute approximate surface area is 209 Å². The van der Waals surface area contributed by atoms with Crippen LogP contribution in [0.5, 0.6) is 23.1 Å². The van der Waals surface area contributed by atoms with Crippen molar-refractivity contribution in [1.29, 1.82) is 0 Å². The van der Waals surface area contributed by atoms with Crippen LogP contribution in [-0.4, -0.2) is 47.9 Å². The number of nitrogens with two attached hydrogens (primary N) is 1. The molecule has 3 aromatic rings. The van der Waals surface area contributed by atoms with Gasteiger partial charge >= 0.3 is 0 Å². The third-order valence-corrected chi connectivity index (χ3v) is 6.59. The molecule has 0 aliphatic carbocycles. The lowest BCUT2D eigenvalue weighted by Crippen LogP contribution is -2.32. The number of ether oxygens (including phenoxy) is 2. The van der Waals surface area contributed by atoms with Crippen LogP contribution in [0.4, 0.5) is 5.69 Å². The zero-order valence-electron chi connectivity index (χ0n) is 20.0. The second-order valence-electron chi connectivity index (χ2n) is 9.07. The topological polar surface area (TPSA) is 98.0 Å². The predicted octanol–water partition coefficient (Wildman–Crippen LogP) is 4.24. The molecule has 2 amide bonds. The fraction of sp³-hybridized carbons (Fsp3) is 0.250. The van der Waals surface area contributed by atoms with Gasteiger partial charge in [-0.05, 0) is 55.5 Å². The van der Waals surface area contributed by atoms with Gasteiger partial charge in [0.2, 0.25) is 11.8 Å². The molecular formula is C28H28N4O4. The van der Waals surface area contributed by atoms with Crippen LogP contribution in [-0.2, 0) is 4.79 Å². The van der Waals surface area contributed by atoms with Gasteiger partial charge in [0.15, 0.2) is 0 Å². The van der Waals surface area contributed by atoms with E-state index in [4.69, 9.17) is 15.2 Å². The fourth-order valence-corrected chi connectivity index (χ4v) is 4.82. The van der Waals surface area contributed by atoms with Crippen LogP contribution >= 0.6 is 0 Å². The molecule has 0 spiro atoms. The van der Waals surface area contributed by atoms with Crippen LogP contribution in [0.3, 0.4) is 0 Å². The van der Waals surface area contributed by atoms with Crippen molar-refractivity contribution < 1.29 is 19.1 Å². The maximum atomic E-state index is 12.2. The van der Waals surface area contributed by atoms with Gasteiger partial charge in [0.25, 0.3) is 5.91 Å². The van der Waals surface area contributed by atoms with Crippen molar-refractivity contribution in [1.82, 2.24) is 9.88 Å². The second kappa shape index (κ2) is 10.1. The third-order valence-electron chi connectivity index (χ3n) is 6.59. The van der Waals surface area contributed by atoms with E-state index in [1.54, 1.807) is 48.7 Å². The highest BCUT2D eigenvalue weighted by molar-refractivity contribution is 5.96. The van der Waals surface area contributed by atoms with Crippen LogP contribution in [0, 0.1) is 11.8 Å². The summed E-state index contributed by atoms with van der Waals surface area (Å²) < 4.78 is 11.7. The molecule has 184 valence electrons. The zero-order valence-corrected chi connectivity index (χ0v) is 20.0. The van der Waals surface area contributed by atoms with E-state index in [0.29, 0.717) is 23.3 Å². The number of hydrogen-bond donors (Lipinski definition) is 1. The Morgan fingerprint density at radius 2 is 1.53 bits per heavy atom. The van der Waals surface area contributed by atoms with E-state index in [0.717, 1.165) is 37.6 Å². The van der Waals surface area contributed by atoms with E-state index < -0.39 is 5.91 Å². The van der Waals surface area contributed by atoms with Gasteiger partial charge in [-0.25, -0.2) is 4.98 Å². The van der Waals surface area contributed by atoms with Gasteiger partial charge in [-0.2, -0.15) is 0 Å². The summed E-state index contributed by atoms with van der Waals surface area (Å²) in [6.07, 6.45) is 5.10. The monoisotopic (exact) mass is 484 g/mol. The molecule has 1 aromatic heterocycles. The maximum absolute atomic E-state index is 12.2. The Hall–Kier alpha value is -4.33. The first kappa shape index (κ1) is 23.4. The maximum Gasteiger partial charge on any atom is 0.254 e. The minimum absolute atomic E-state index is 0.0669. The molecule has 5 rings (SSSR count). The number of pyridine rings is 1. The number of nitrogens with zero attached hydrogens (tertiary/aromatic N) is 3. The van der Waals surface area contributed by atoms with E-state index in [-0.39, 0.29) is 17.4 Å². The van der Waals surface area contributed by atoms with Gasteiger partial charge < -0.3 is 25.0 Å². The van der Waals surface area contributed by atoms with Gasteiger partial charge in [0.05, 0.1) is 11.9 Å². The van der Waals surface area contributed by atoms with Crippen LogP contribution in [0.25, 0.3) is 0 Å². The number of allylic oxidation sites excluding steroid dienone is 1. The number of rotatable bonds is 7. The molecule has 2 fully saturated rings. The van der Waals surface area contributed by atoms with Crippen molar-refractivity contribution in [2.75, 3.05) is 31.1 Å². The van der Waals surface area contributed by atoms with Crippen LogP contribution in [0.2, 0.25) is 0 Å². The van der Waals surface area contributed by atoms with E-state index in [9.17, 15) is 9.59 Å². The minimum Gasteiger partial charge on any atom is -0.457 e. The van der Waals surface area contributed by atoms with Crippen molar-refractivity contribution in [3.8, 4) is 23.1 Å². The predicted molar refractivity (Wildman–Crippen MR) is 136 cm³/mol. The molecule has 2 aromatic carbocycles. The minimum atomic E-state index is -0.606. The smallest absolute Gasteiger partial charge is 0.254 e. The Kier molecular flexibility index (Phi) is 6.58. The number of primary amides is 1. The Morgan fingerprint density at radius 3 is 2.14 bits per heavy atom. The van der Waals surface area contributed by atoms with Gasteiger partial charge in [-0.1, -0.05) is 24.3 Å². The number of anilines is 1. The van der Waals surface area contributed by atoms with Crippen molar-refractivity contribution in [2.24, 2.45) is 17.6 Å². The zero-order chi connectivity index (χ0) is 25.1. The average Bonchev–Trinajstić information content (AvgIpc) is 3.46. The molecule has 2 saturated heterocycles. The molecule has 3 heterocycles. The number of amides is 2. The molecule has 8 nitrogen and oxygen atoms in total. The molecule has 36 heavy (non-hydrogen) atoms. The van der Waals surface area contributed by atoms with E-state index >= 15 is 0 Å². The molecule has 0 bridgehead atoms. The van der Waals surface area contributed by atoms with Crippen molar-refractivity contribution in [3.63, 3.8) is 0 Å². The summed E-state index contributed by atoms with van der Waals surface area (Å²) in [4.78, 5) is 32.9. The number of aromatic nitrogens is 1. The standard InChI is InChI=1S/C28H28N4O4/c1-2-6-26(33)32-17-19-15-31(16-20(19)18-32)21-13-25(27(29)34)28(30-14-21)36-24-11-9-23(10-12-24)35-22-7-4-3-5-8-22/h2-14,19-20H,15-18H2,1H3,(H2,29,34). The summed E-state index contributed by atoms with van der Waals surface area (Å²) in [6.45, 7) is 4.93. The lowest BCUT2D eigenvalue weighted by atomic mass is 10.0. The summed E-state index contributed by atoms with van der Waals surface area (Å²) >= 11 is 0. The number of hydrogen-bond acceptors (Lipinski definition) is 6. The lowest BCUT2D eigenvalue weighted by molar-refractivity contribution is -0.125. The van der Waals surface area contributed by atoms with Crippen LogP contribution in [0.1, 0.15) is 17.3 Å². The summed E-state index contributed by atoms with van der Waals surface area (Å²) in [7, 11) is 0. The largest absolute Gasteiger partial charge is 0.457 e. The molecule has 8 heteroatoms. The molecular weight excluding hydrogens is 456 g/mol. The molecule has 2 atom stereocenters. The van der Waals surface area contributed by atoms with E-state index in [1.807, 2.05) is 42.2 Å². The number of benzene rings is 2. The highest BCUT2D eigenvalue weighted by Gasteiger charge is 2.41. The van der Waals surface area contributed by atoms with Crippen molar-refractivity contribution in [2.45, 2.75) is 6.92 Å². The van der Waals surface area contributed by atoms with Gasteiger partial charge in [-0.15, -0.1) is 0 Å². The number of para-hydroxylation sites is 1. The molecule has 0 radical (unpaired) electrons. The molecule has 2 unspecified atom stereocenters. The highest BCUT2D eigenvalue weighted by Crippen LogP contribution is 2.35. The molecule has 2 aliphatic rings. The fourth-order valence-electron chi connectivity index (χ4n) is 4.82. The Morgan fingerprint density at radius 1 is 0.917 bits per heavy atom. The summed E-state index contributed by atoms with van der Waals surface area (Å²) in [5.41, 5.74) is 6.71. The van der Waals surface area contributed by atoms with Crippen LogP contribution in [0.15, 0.2) is 79.0 Å². The first-order valence-electron chi connectivity index (χ1n) is 12.0. The third kappa shape index (κ3) is 5.02. The molecule has 0 saturated carbocycles. The van der Waals surface area contributed by atoms with Crippen molar-refractivity contribution >= 4 is 17.5 Å². The van der Waals surface area contributed by atoms with Gasteiger partial charge in [-0.3, -0.25) is 9.59 Å². The number of likely N-dealkylation sites (tertiary alicyclic amines) is 1. The molecule has 2 aliphatic heterocycles. The first-order valence-corrected chi connectivity index (χ1v) is 12.0. The SMILES string of the molecule is CC=CC(=O)N1CC2CN(c3cnc(Oc4ccc(Oc5ccccc5)cc4)c(C(N)=O)c3)CC2C1. The van der Waals surface area contributed by atoms with Crippen LogP contribution < -0.4 is 20.1 Å².